The Morgan fingerprint density at radius 2 is 0.836 bits per heavy atom. The van der Waals surface area contributed by atoms with Gasteiger partial charge in [0.2, 0.25) is 0 Å². The van der Waals surface area contributed by atoms with Gasteiger partial charge in [-0.15, -0.1) is 22.7 Å². The minimum absolute atomic E-state index is 0.0284. The lowest BCUT2D eigenvalue weighted by atomic mass is 9.82. The van der Waals surface area contributed by atoms with E-state index < -0.39 is 0 Å². The van der Waals surface area contributed by atoms with Gasteiger partial charge in [0.1, 0.15) is 5.65 Å². The molecular formula is C62H32N2OS2. The van der Waals surface area contributed by atoms with Crippen molar-refractivity contribution in [1.29, 1.82) is 0 Å². The minimum Gasteiger partial charge on any atom is -0.268 e. The van der Waals surface area contributed by atoms with E-state index in [0.29, 0.717) is 5.65 Å². The lowest BCUT2D eigenvalue weighted by molar-refractivity contribution is 1.15. The molecule has 0 N–H and O–H groups in total. The van der Waals surface area contributed by atoms with E-state index in [9.17, 15) is 4.79 Å². The van der Waals surface area contributed by atoms with Crippen molar-refractivity contribution in [3.05, 3.63) is 178 Å². The summed E-state index contributed by atoms with van der Waals surface area (Å²) in [6.45, 7) is 4.53. The van der Waals surface area contributed by atoms with Gasteiger partial charge in [0.25, 0.3) is 5.56 Å². The van der Waals surface area contributed by atoms with Gasteiger partial charge in [-0.2, -0.15) is 0 Å². The molecule has 0 saturated carbocycles. The Morgan fingerprint density at radius 3 is 1.34 bits per heavy atom. The summed E-state index contributed by atoms with van der Waals surface area (Å²) in [6, 6.07) is 54.0. The van der Waals surface area contributed by atoms with E-state index >= 15 is 0 Å². The third-order valence-electron chi connectivity index (χ3n) is 15.8. The van der Waals surface area contributed by atoms with Gasteiger partial charge in [0, 0.05) is 53.6 Å². The number of thiophene rings is 2. The van der Waals surface area contributed by atoms with Crippen molar-refractivity contribution in [2.45, 2.75) is 13.8 Å². The maximum atomic E-state index is 14.8. The molecule has 0 atom stereocenters. The number of nitrogens with zero attached hydrogens (tertiary/aromatic N) is 2. The Hall–Kier alpha value is -7.96. The summed E-state index contributed by atoms with van der Waals surface area (Å²) in [5.74, 6) is 0. The maximum Gasteiger partial charge on any atom is 0.264 e. The summed E-state index contributed by atoms with van der Waals surface area (Å²) in [7, 11) is 0. The lowest BCUT2D eigenvalue weighted by Gasteiger charge is -2.21. The van der Waals surface area contributed by atoms with Gasteiger partial charge >= 0.3 is 0 Å². The molecule has 0 spiro atoms. The van der Waals surface area contributed by atoms with E-state index in [1.54, 1.807) is 0 Å². The standard InChI is InChI=1S/C62H32N2OS2/c1-29-25-27-66-59(29)57-32-9-3-4-10-33(32)58(60-30(2)26-28-67-60)56-43-22-18-39-35-14-16-37-41-20-24-45-54-44(61-63-46-11-5-7-31-8-6-12-47(48(31)46)64(61)62(45)65)23-19-40(52(41)54)36-15-13-34(49(35)50(36)37)38-17-21-42(55(56)57)53(43)51(38)39/h3-28H,1-2H3. The molecule has 0 radical (unpaired) electrons. The molecule has 17 rings (SSSR count). The predicted octanol–water partition coefficient (Wildman–Crippen LogP) is 17.4. The first-order chi connectivity index (χ1) is 33.0. The number of fused-ring (bicyclic) bond motifs is 11. The lowest BCUT2D eigenvalue weighted by Crippen LogP contribution is -2.16. The van der Waals surface area contributed by atoms with E-state index in [1.165, 1.54) is 130 Å². The molecule has 16 aromatic rings. The van der Waals surface area contributed by atoms with Gasteiger partial charge in [-0.1, -0.05) is 109 Å². The monoisotopic (exact) mass is 884 g/mol. The van der Waals surface area contributed by atoms with E-state index in [1.807, 2.05) is 33.1 Å². The largest absolute Gasteiger partial charge is 0.268 e. The first kappa shape index (κ1) is 35.3. The summed E-state index contributed by atoms with van der Waals surface area (Å²) >= 11 is 3.71. The highest BCUT2D eigenvalue weighted by molar-refractivity contribution is 7.14. The Balaban J connectivity index is 0.997. The molecule has 0 unspecified atom stereocenters. The van der Waals surface area contributed by atoms with Crippen LogP contribution in [-0.4, -0.2) is 9.38 Å². The molecule has 0 aliphatic heterocycles. The number of benzene rings is 12. The molecule has 3 nitrogen and oxygen atoms in total. The number of aromatic nitrogens is 2. The maximum absolute atomic E-state index is 14.8. The summed E-state index contributed by atoms with van der Waals surface area (Å²) in [5, 5.41) is 28.3. The van der Waals surface area contributed by atoms with Crippen LogP contribution in [0.2, 0.25) is 0 Å². The molecule has 12 aromatic carbocycles. The van der Waals surface area contributed by atoms with Gasteiger partial charge in [0.05, 0.1) is 11.0 Å². The third kappa shape index (κ3) is 4.02. The van der Waals surface area contributed by atoms with Gasteiger partial charge in [-0.05, 0) is 169 Å². The highest BCUT2D eigenvalue weighted by Crippen LogP contribution is 2.61. The average molecular weight is 885 g/mol. The molecule has 1 aliphatic rings. The van der Waals surface area contributed by atoms with Crippen LogP contribution in [0.4, 0.5) is 0 Å². The zero-order valence-electron chi connectivity index (χ0n) is 36.1. The number of pyridine rings is 1. The second kappa shape index (κ2) is 11.9. The Morgan fingerprint density at radius 1 is 0.388 bits per heavy atom. The zero-order chi connectivity index (χ0) is 43.7. The SMILES string of the molecule is Cc1ccsc1-c1c2c(c(-c3sccc3C)c3ccccc13)-c1ccc3c4ccc5c6ccc7c8c(ccc(c9ccc(c%10ccc-2c1c%103)c4c95)c68)c(=O)n1c2cccc3cccc(nc71)c32. The molecule has 67 heavy (non-hydrogen) atoms. The molecule has 1 aliphatic carbocycles. The summed E-state index contributed by atoms with van der Waals surface area (Å²) < 4.78 is 1.84. The van der Waals surface area contributed by atoms with E-state index in [4.69, 9.17) is 4.98 Å². The molecule has 0 fully saturated rings. The molecule has 4 heterocycles. The van der Waals surface area contributed by atoms with Crippen molar-refractivity contribution >= 4 is 147 Å². The summed E-state index contributed by atoms with van der Waals surface area (Å²) in [4.78, 5) is 22.7. The molecule has 5 heteroatoms. The quantitative estimate of drug-likeness (QED) is 0.128. The van der Waals surface area contributed by atoms with Gasteiger partial charge in [0.15, 0.2) is 0 Å². The van der Waals surface area contributed by atoms with Crippen molar-refractivity contribution < 1.29 is 0 Å². The van der Waals surface area contributed by atoms with Crippen LogP contribution >= 0.6 is 22.7 Å². The molecule has 0 saturated heterocycles. The fourth-order valence-electron chi connectivity index (χ4n) is 13.1. The van der Waals surface area contributed by atoms with Crippen LogP contribution in [-0.2, 0) is 0 Å². The minimum atomic E-state index is -0.0284. The van der Waals surface area contributed by atoms with Crippen LogP contribution in [0.1, 0.15) is 11.1 Å². The van der Waals surface area contributed by atoms with Gasteiger partial charge in [-0.25, -0.2) is 4.98 Å². The van der Waals surface area contributed by atoms with Crippen LogP contribution in [0.3, 0.4) is 0 Å². The second-order valence-electron chi connectivity index (χ2n) is 18.9. The first-order valence-corrected chi connectivity index (χ1v) is 24.7. The fraction of sp³-hybridized carbons (Fsp3) is 0.0323. The Bertz CT molecular complexity index is 4830. The fourth-order valence-corrected chi connectivity index (χ4v) is 15.1. The normalized spacial score (nSPS) is 13.0. The van der Waals surface area contributed by atoms with Crippen LogP contribution in [0.5, 0.6) is 0 Å². The van der Waals surface area contributed by atoms with Crippen molar-refractivity contribution in [2.75, 3.05) is 0 Å². The van der Waals surface area contributed by atoms with Gasteiger partial charge in [-0.3, -0.25) is 9.20 Å². The van der Waals surface area contributed by atoms with Crippen molar-refractivity contribution in [1.82, 2.24) is 9.38 Å². The Labute approximate surface area is 389 Å². The van der Waals surface area contributed by atoms with Crippen molar-refractivity contribution in [2.24, 2.45) is 0 Å². The molecule has 4 aromatic heterocycles. The summed E-state index contributed by atoms with van der Waals surface area (Å²) in [5.41, 5.74) is 13.2. The predicted molar refractivity (Wildman–Crippen MR) is 288 cm³/mol. The summed E-state index contributed by atoms with van der Waals surface area (Å²) in [6.07, 6.45) is 0. The smallest absolute Gasteiger partial charge is 0.264 e. The van der Waals surface area contributed by atoms with Crippen molar-refractivity contribution in [3.63, 3.8) is 0 Å². The van der Waals surface area contributed by atoms with E-state index in [-0.39, 0.29) is 5.56 Å². The highest BCUT2D eigenvalue weighted by atomic mass is 32.1. The molecular weight excluding hydrogens is 853 g/mol. The number of rotatable bonds is 2. The third-order valence-corrected chi connectivity index (χ3v) is 17.9. The number of hydrogen-bond donors (Lipinski definition) is 0. The number of aryl methyl sites for hydroxylation is 2. The van der Waals surface area contributed by atoms with Crippen LogP contribution in [0.15, 0.2) is 161 Å². The van der Waals surface area contributed by atoms with Crippen LogP contribution in [0.25, 0.3) is 168 Å². The topological polar surface area (TPSA) is 34.4 Å². The van der Waals surface area contributed by atoms with E-state index in [0.717, 1.165) is 43.4 Å². The Kier molecular flexibility index (Phi) is 6.27. The van der Waals surface area contributed by atoms with Crippen LogP contribution < -0.4 is 5.56 Å². The average Bonchev–Trinajstić information content (AvgIpc) is 4.09. The first-order valence-electron chi connectivity index (χ1n) is 23.0. The van der Waals surface area contributed by atoms with Crippen molar-refractivity contribution in [3.8, 4) is 43.1 Å². The number of hydrogen-bond acceptors (Lipinski definition) is 4. The van der Waals surface area contributed by atoms with E-state index in [2.05, 4.69) is 164 Å². The second-order valence-corrected chi connectivity index (χ2v) is 20.7. The molecule has 308 valence electrons. The van der Waals surface area contributed by atoms with Gasteiger partial charge < -0.3 is 0 Å². The highest BCUT2D eigenvalue weighted by Gasteiger charge is 2.34. The zero-order valence-corrected chi connectivity index (χ0v) is 37.8. The van der Waals surface area contributed by atoms with Crippen LogP contribution in [0, 0.1) is 13.8 Å². The molecule has 0 amide bonds. The molecule has 0 bridgehead atoms.